The Labute approximate surface area is 287 Å². The lowest BCUT2D eigenvalue weighted by molar-refractivity contribution is 0.0725. The Hall–Kier alpha value is -6.87. The molecule has 248 valence electrons. The molecule has 6 aromatic carbocycles. The summed E-state index contributed by atoms with van der Waals surface area (Å²) in [6.45, 7) is 2.01. The number of phenolic OH excluding ortho intramolecular Hbond substituents is 3. The van der Waals surface area contributed by atoms with E-state index in [-0.39, 0.29) is 33.9 Å². The standard InChI is InChI=1S/C41H30O9/c1-41(29-8-20-35(21-9-29)48-38(45)26-2-14-32(42)15-3-26,30-10-22-36(23-11-30)49-39(46)27-4-16-33(43)17-5-27)31-12-24-37(25-13-31)50-40(47)28-6-18-34(44)19-7-28/h2-25,42-44H,1H3. The smallest absolute Gasteiger partial charge is 0.343 e. The Balaban J connectivity index is 1.28. The van der Waals surface area contributed by atoms with Gasteiger partial charge in [-0.05, 0) is 133 Å². The predicted molar refractivity (Wildman–Crippen MR) is 184 cm³/mol. The highest BCUT2D eigenvalue weighted by Crippen LogP contribution is 2.41. The minimum atomic E-state index is -0.793. The minimum Gasteiger partial charge on any atom is -0.508 e. The molecule has 0 unspecified atom stereocenters. The van der Waals surface area contributed by atoms with Gasteiger partial charge in [0.15, 0.2) is 0 Å². The molecule has 0 aromatic heterocycles. The van der Waals surface area contributed by atoms with E-state index in [0.717, 1.165) is 16.7 Å². The molecule has 0 amide bonds. The van der Waals surface area contributed by atoms with Gasteiger partial charge in [-0.25, -0.2) is 14.4 Å². The van der Waals surface area contributed by atoms with Gasteiger partial charge in [0.1, 0.15) is 34.5 Å². The highest BCUT2D eigenvalue weighted by Gasteiger charge is 2.32. The molecule has 50 heavy (non-hydrogen) atoms. The van der Waals surface area contributed by atoms with Crippen molar-refractivity contribution in [1.29, 1.82) is 0 Å². The van der Waals surface area contributed by atoms with Crippen LogP contribution in [0.2, 0.25) is 0 Å². The second kappa shape index (κ2) is 14.1. The van der Waals surface area contributed by atoms with E-state index in [4.69, 9.17) is 14.2 Å². The van der Waals surface area contributed by atoms with Crippen LogP contribution < -0.4 is 14.2 Å². The average molecular weight is 667 g/mol. The lowest BCUT2D eigenvalue weighted by Crippen LogP contribution is -2.25. The summed E-state index contributed by atoms with van der Waals surface area (Å²) in [6, 6.07) is 38.5. The van der Waals surface area contributed by atoms with Gasteiger partial charge in [0.05, 0.1) is 16.7 Å². The number of rotatable bonds is 9. The number of carbonyl (C=O) groups is 3. The maximum atomic E-state index is 12.7. The Morgan fingerprint density at radius 2 is 0.600 bits per heavy atom. The molecule has 9 heteroatoms. The van der Waals surface area contributed by atoms with E-state index in [0.29, 0.717) is 17.2 Å². The number of esters is 3. The molecule has 0 fully saturated rings. The second-order valence-corrected chi connectivity index (χ2v) is 11.5. The number of ether oxygens (including phenoxy) is 3. The predicted octanol–water partition coefficient (Wildman–Crippen LogP) is 7.82. The van der Waals surface area contributed by atoms with Crippen molar-refractivity contribution in [3.05, 3.63) is 179 Å². The highest BCUT2D eigenvalue weighted by atomic mass is 16.5. The van der Waals surface area contributed by atoms with Gasteiger partial charge >= 0.3 is 17.9 Å². The van der Waals surface area contributed by atoms with Crippen LogP contribution in [0.1, 0.15) is 54.7 Å². The van der Waals surface area contributed by atoms with Crippen molar-refractivity contribution in [3.63, 3.8) is 0 Å². The molecule has 0 saturated heterocycles. The number of benzene rings is 6. The SMILES string of the molecule is CC(c1ccc(OC(=O)c2ccc(O)cc2)cc1)(c1ccc(OC(=O)c2ccc(O)cc2)cc1)c1ccc(OC(=O)c2ccc(O)cc2)cc1. The largest absolute Gasteiger partial charge is 0.508 e. The summed E-state index contributed by atoms with van der Waals surface area (Å²) in [6.07, 6.45) is 0. The molecule has 0 saturated carbocycles. The van der Waals surface area contributed by atoms with Gasteiger partial charge in [-0.3, -0.25) is 0 Å². The fraction of sp³-hybridized carbons (Fsp3) is 0.0488. The summed E-state index contributed by atoms with van der Waals surface area (Å²) in [7, 11) is 0. The number of aromatic hydroxyl groups is 3. The van der Waals surface area contributed by atoms with E-state index >= 15 is 0 Å². The van der Waals surface area contributed by atoms with Crippen LogP contribution in [0.15, 0.2) is 146 Å². The monoisotopic (exact) mass is 666 g/mol. The summed E-state index contributed by atoms with van der Waals surface area (Å²) in [5.74, 6) is -0.639. The van der Waals surface area contributed by atoms with Crippen LogP contribution in [0.25, 0.3) is 0 Å². The molecule has 0 aliphatic rings. The Bertz CT molecular complexity index is 1870. The Morgan fingerprint density at radius 3 is 0.820 bits per heavy atom. The minimum absolute atomic E-state index is 0.0391. The first-order chi connectivity index (χ1) is 24.1. The molecule has 0 heterocycles. The van der Waals surface area contributed by atoms with Crippen molar-refractivity contribution >= 4 is 17.9 Å². The van der Waals surface area contributed by atoms with Gasteiger partial charge in [0, 0.05) is 5.41 Å². The van der Waals surface area contributed by atoms with Crippen LogP contribution in [-0.4, -0.2) is 33.2 Å². The van der Waals surface area contributed by atoms with Crippen molar-refractivity contribution in [2.24, 2.45) is 0 Å². The molecule has 9 nitrogen and oxygen atoms in total. The number of hydrogen-bond acceptors (Lipinski definition) is 9. The zero-order chi connectivity index (χ0) is 35.3. The van der Waals surface area contributed by atoms with Crippen LogP contribution in [0.3, 0.4) is 0 Å². The molecule has 0 aliphatic heterocycles. The zero-order valence-corrected chi connectivity index (χ0v) is 26.6. The van der Waals surface area contributed by atoms with Gasteiger partial charge in [0.25, 0.3) is 0 Å². The molecule has 0 aliphatic carbocycles. The van der Waals surface area contributed by atoms with Crippen LogP contribution in [-0.2, 0) is 5.41 Å². The molecular weight excluding hydrogens is 636 g/mol. The van der Waals surface area contributed by atoms with E-state index in [1.807, 2.05) is 43.3 Å². The maximum absolute atomic E-state index is 12.7. The lowest BCUT2D eigenvalue weighted by atomic mass is 9.71. The topological polar surface area (TPSA) is 140 Å². The van der Waals surface area contributed by atoms with E-state index < -0.39 is 23.3 Å². The second-order valence-electron chi connectivity index (χ2n) is 11.5. The molecule has 0 atom stereocenters. The normalized spacial score (nSPS) is 11.0. The molecule has 3 N–H and O–H groups in total. The highest BCUT2D eigenvalue weighted by molar-refractivity contribution is 5.92. The molecule has 0 bridgehead atoms. The third-order valence-electron chi connectivity index (χ3n) is 8.24. The van der Waals surface area contributed by atoms with E-state index in [1.165, 1.54) is 72.8 Å². The summed E-state index contributed by atoms with van der Waals surface area (Å²) in [5.41, 5.74) is 2.58. The Kier molecular flexibility index (Phi) is 9.31. The fourth-order valence-electron chi connectivity index (χ4n) is 5.36. The molecular formula is C41H30O9. The van der Waals surface area contributed by atoms with E-state index in [2.05, 4.69) is 0 Å². The third kappa shape index (κ3) is 7.32. The number of carbonyl (C=O) groups excluding carboxylic acids is 3. The van der Waals surface area contributed by atoms with Gasteiger partial charge in [-0.15, -0.1) is 0 Å². The van der Waals surface area contributed by atoms with E-state index in [9.17, 15) is 29.7 Å². The van der Waals surface area contributed by atoms with Gasteiger partial charge in [-0.1, -0.05) is 36.4 Å². The molecule has 6 rings (SSSR count). The van der Waals surface area contributed by atoms with Gasteiger partial charge in [-0.2, -0.15) is 0 Å². The molecule has 0 spiro atoms. The molecule has 6 aromatic rings. The molecule has 0 radical (unpaired) electrons. The van der Waals surface area contributed by atoms with Crippen molar-refractivity contribution in [2.75, 3.05) is 0 Å². The Morgan fingerprint density at radius 1 is 0.380 bits per heavy atom. The van der Waals surface area contributed by atoms with Crippen LogP contribution in [0, 0.1) is 0 Å². The van der Waals surface area contributed by atoms with Gasteiger partial charge < -0.3 is 29.5 Å². The lowest BCUT2D eigenvalue weighted by Gasteiger charge is -2.32. The van der Waals surface area contributed by atoms with E-state index in [1.54, 1.807) is 36.4 Å². The van der Waals surface area contributed by atoms with Crippen molar-refractivity contribution in [3.8, 4) is 34.5 Å². The fourth-order valence-corrected chi connectivity index (χ4v) is 5.36. The summed E-state index contributed by atoms with van der Waals surface area (Å²) in [4.78, 5) is 38.0. The summed E-state index contributed by atoms with van der Waals surface area (Å²) in [5, 5.41) is 28.6. The van der Waals surface area contributed by atoms with Crippen LogP contribution in [0.4, 0.5) is 0 Å². The average Bonchev–Trinajstić information content (AvgIpc) is 3.13. The van der Waals surface area contributed by atoms with Crippen LogP contribution in [0.5, 0.6) is 34.5 Å². The van der Waals surface area contributed by atoms with Crippen molar-refractivity contribution < 1.29 is 43.9 Å². The first-order valence-corrected chi connectivity index (χ1v) is 15.4. The third-order valence-corrected chi connectivity index (χ3v) is 8.24. The number of phenols is 3. The summed E-state index contributed by atoms with van der Waals surface area (Å²) >= 11 is 0. The van der Waals surface area contributed by atoms with Gasteiger partial charge in [0.2, 0.25) is 0 Å². The summed E-state index contributed by atoms with van der Waals surface area (Å²) < 4.78 is 16.7. The number of hydrogen-bond donors (Lipinski definition) is 3. The first-order valence-electron chi connectivity index (χ1n) is 15.4. The van der Waals surface area contributed by atoms with Crippen molar-refractivity contribution in [2.45, 2.75) is 12.3 Å². The maximum Gasteiger partial charge on any atom is 0.343 e. The van der Waals surface area contributed by atoms with Crippen molar-refractivity contribution in [1.82, 2.24) is 0 Å². The quantitative estimate of drug-likeness (QED) is 0.0801. The van der Waals surface area contributed by atoms with Crippen LogP contribution >= 0.6 is 0 Å². The first kappa shape index (κ1) is 33.0. The zero-order valence-electron chi connectivity index (χ0n) is 26.6.